The van der Waals surface area contributed by atoms with Crippen LogP contribution in [0, 0.1) is 6.92 Å². The lowest BCUT2D eigenvalue weighted by molar-refractivity contribution is 0.0690. The standard InChI is InChI=1S/C8H12N2O2S2/c1-5-6(7(11)12)10-8(14-5)9-3-4-13-2/h3-4H2,1-2H3,(H,9,10)(H,11,12). The maximum Gasteiger partial charge on any atom is 0.355 e. The zero-order valence-corrected chi connectivity index (χ0v) is 9.67. The average Bonchev–Trinajstić information content (AvgIpc) is 2.47. The number of aromatic carboxylic acids is 1. The van der Waals surface area contributed by atoms with E-state index in [9.17, 15) is 4.79 Å². The van der Waals surface area contributed by atoms with Gasteiger partial charge in [-0.2, -0.15) is 11.8 Å². The van der Waals surface area contributed by atoms with E-state index in [2.05, 4.69) is 10.3 Å². The molecule has 0 aromatic carbocycles. The number of thiazole rings is 1. The highest BCUT2D eigenvalue weighted by molar-refractivity contribution is 7.98. The van der Waals surface area contributed by atoms with Crippen LogP contribution in [0.3, 0.4) is 0 Å². The first kappa shape index (κ1) is 11.3. The number of hydrogen-bond donors (Lipinski definition) is 2. The summed E-state index contributed by atoms with van der Waals surface area (Å²) in [5.41, 5.74) is 0.154. The number of thioether (sulfide) groups is 1. The van der Waals surface area contributed by atoms with Crippen LogP contribution in [0.5, 0.6) is 0 Å². The summed E-state index contributed by atoms with van der Waals surface area (Å²) in [5.74, 6) is 0.0257. The Morgan fingerprint density at radius 3 is 2.93 bits per heavy atom. The number of carboxylic acids is 1. The first-order valence-corrected chi connectivity index (χ1v) is 6.29. The van der Waals surface area contributed by atoms with E-state index < -0.39 is 5.97 Å². The Bertz CT molecular complexity index is 325. The van der Waals surface area contributed by atoms with E-state index >= 15 is 0 Å². The molecule has 1 aromatic rings. The van der Waals surface area contributed by atoms with Crippen molar-refractivity contribution in [2.45, 2.75) is 6.92 Å². The SMILES string of the molecule is CSCCNc1nc(C(=O)O)c(C)s1. The Labute approximate surface area is 90.7 Å². The Kier molecular flexibility index (Phi) is 4.21. The molecule has 6 heteroatoms. The molecule has 0 aliphatic heterocycles. The molecule has 0 aliphatic rings. The predicted octanol–water partition coefficient (Wildman–Crippen LogP) is 1.92. The topological polar surface area (TPSA) is 62.2 Å². The van der Waals surface area contributed by atoms with Crippen LogP contribution >= 0.6 is 23.1 Å². The van der Waals surface area contributed by atoms with Crippen molar-refractivity contribution in [3.8, 4) is 0 Å². The zero-order chi connectivity index (χ0) is 10.6. The molecule has 0 saturated carbocycles. The molecule has 0 aliphatic carbocycles. The van der Waals surface area contributed by atoms with E-state index in [1.54, 1.807) is 18.7 Å². The summed E-state index contributed by atoms with van der Waals surface area (Å²) in [7, 11) is 0. The largest absolute Gasteiger partial charge is 0.476 e. The monoisotopic (exact) mass is 232 g/mol. The third-order valence-corrected chi connectivity index (χ3v) is 3.12. The molecule has 78 valence electrons. The van der Waals surface area contributed by atoms with Gasteiger partial charge >= 0.3 is 5.97 Å². The van der Waals surface area contributed by atoms with Crippen molar-refractivity contribution in [3.63, 3.8) is 0 Å². The molecule has 2 N–H and O–H groups in total. The van der Waals surface area contributed by atoms with Gasteiger partial charge in [-0.25, -0.2) is 9.78 Å². The Morgan fingerprint density at radius 2 is 2.43 bits per heavy atom. The Hall–Kier alpha value is -0.750. The van der Waals surface area contributed by atoms with Gasteiger partial charge in [0.15, 0.2) is 10.8 Å². The number of aryl methyl sites for hydroxylation is 1. The van der Waals surface area contributed by atoms with Gasteiger partial charge in [0.1, 0.15) is 0 Å². The molecular formula is C8H12N2O2S2. The molecule has 0 radical (unpaired) electrons. The summed E-state index contributed by atoms with van der Waals surface area (Å²) in [6.45, 7) is 2.58. The minimum atomic E-state index is -0.961. The number of rotatable bonds is 5. The third-order valence-electron chi connectivity index (χ3n) is 1.58. The zero-order valence-electron chi connectivity index (χ0n) is 8.03. The van der Waals surface area contributed by atoms with E-state index in [0.29, 0.717) is 5.13 Å². The van der Waals surface area contributed by atoms with Gasteiger partial charge in [-0.3, -0.25) is 0 Å². The summed E-state index contributed by atoms with van der Waals surface area (Å²) in [5, 5.41) is 12.5. The molecule has 0 amide bonds. The molecule has 0 bridgehead atoms. The number of anilines is 1. The number of carbonyl (C=O) groups is 1. The molecule has 0 saturated heterocycles. The maximum absolute atomic E-state index is 10.7. The molecule has 1 aromatic heterocycles. The first-order chi connectivity index (χ1) is 6.65. The second kappa shape index (κ2) is 5.21. The smallest absolute Gasteiger partial charge is 0.355 e. The number of carboxylic acid groups (broad SMARTS) is 1. The van der Waals surface area contributed by atoms with Crippen LogP contribution < -0.4 is 5.32 Å². The lowest BCUT2D eigenvalue weighted by atomic mass is 10.4. The van der Waals surface area contributed by atoms with Gasteiger partial charge in [-0.15, -0.1) is 11.3 Å². The van der Waals surface area contributed by atoms with Crippen LogP contribution in [0.4, 0.5) is 5.13 Å². The van der Waals surface area contributed by atoms with Crippen LogP contribution in [0.2, 0.25) is 0 Å². The van der Waals surface area contributed by atoms with Crippen molar-refractivity contribution in [2.75, 3.05) is 23.9 Å². The van der Waals surface area contributed by atoms with Gasteiger partial charge < -0.3 is 10.4 Å². The van der Waals surface area contributed by atoms with Gasteiger partial charge in [-0.1, -0.05) is 0 Å². The van der Waals surface area contributed by atoms with E-state index in [0.717, 1.165) is 17.2 Å². The van der Waals surface area contributed by atoms with E-state index in [1.807, 2.05) is 6.26 Å². The minimum Gasteiger partial charge on any atom is -0.476 e. The van der Waals surface area contributed by atoms with Gasteiger partial charge in [0, 0.05) is 17.2 Å². The molecule has 4 nitrogen and oxygen atoms in total. The van der Waals surface area contributed by atoms with Crippen LogP contribution in [-0.2, 0) is 0 Å². The quantitative estimate of drug-likeness (QED) is 0.759. The van der Waals surface area contributed by atoms with Crippen LogP contribution in [0.1, 0.15) is 15.4 Å². The van der Waals surface area contributed by atoms with E-state index in [-0.39, 0.29) is 5.69 Å². The Morgan fingerprint density at radius 1 is 1.71 bits per heavy atom. The van der Waals surface area contributed by atoms with Crippen LogP contribution in [-0.4, -0.2) is 34.6 Å². The second-order valence-corrected chi connectivity index (χ2v) is 4.84. The molecular weight excluding hydrogens is 220 g/mol. The second-order valence-electron chi connectivity index (χ2n) is 2.65. The molecule has 14 heavy (non-hydrogen) atoms. The normalized spacial score (nSPS) is 10.1. The summed E-state index contributed by atoms with van der Waals surface area (Å²) in [4.78, 5) is 15.4. The highest BCUT2D eigenvalue weighted by atomic mass is 32.2. The molecule has 0 unspecified atom stereocenters. The van der Waals surface area contributed by atoms with E-state index in [1.165, 1.54) is 11.3 Å². The molecule has 0 atom stereocenters. The fraction of sp³-hybridized carbons (Fsp3) is 0.500. The average molecular weight is 232 g/mol. The van der Waals surface area contributed by atoms with Crippen molar-refractivity contribution in [1.82, 2.24) is 4.98 Å². The molecule has 1 rings (SSSR count). The number of nitrogens with zero attached hydrogens (tertiary/aromatic N) is 1. The number of hydrogen-bond acceptors (Lipinski definition) is 5. The van der Waals surface area contributed by atoms with E-state index in [4.69, 9.17) is 5.11 Å². The van der Waals surface area contributed by atoms with Crippen molar-refractivity contribution >= 4 is 34.2 Å². The van der Waals surface area contributed by atoms with Gasteiger partial charge in [0.05, 0.1) is 0 Å². The number of nitrogens with one attached hydrogen (secondary N) is 1. The van der Waals surface area contributed by atoms with Crippen molar-refractivity contribution in [2.24, 2.45) is 0 Å². The number of aromatic nitrogens is 1. The summed E-state index contributed by atoms with van der Waals surface area (Å²) in [6, 6.07) is 0. The van der Waals surface area contributed by atoms with Gasteiger partial charge in [-0.05, 0) is 13.2 Å². The summed E-state index contributed by atoms with van der Waals surface area (Å²) in [6.07, 6.45) is 2.03. The molecule has 0 spiro atoms. The minimum absolute atomic E-state index is 0.154. The highest BCUT2D eigenvalue weighted by Gasteiger charge is 2.13. The maximum atomic E-state index is 10.7. The fourth-order valence-corrected chi connectivity index (χ4v) is 2.07. The Balaban J connectivity index is 2.62. The lowest BCUT2D eigenvalue weighted by Crippen LogP contribution is -2.04. The van der Waals surface area contributed by atoms with Crippen molar-refractivity contribution in [3.05, 3.63) is 10.6 Å². The predicted molar refractivity (Wildman–Crippen MR) is 60.7 cm³/mol. The van der Waals surface area contributed by atoms with Gasteiger partial charge in [0.2, 0.25) is 0 Å². The highest BCUT2D eigenvalue weighted by Crippen LogP contribution is 2.21. The van der Waals surface area contributed by atoms with Crippen LogP contribution in [0.25, 0.3) is 0 Å². The lowest BCUT2D eigenvalue weighted by Gasteiger charge is -1.98. The molecule has 1 heterocycles. The van der Waals surface area contributed by atoms with Gasteiger partial charge in [0.25, 0.3) is 0 Å². The summed E-state index contributed by atoms with van der Waals surface area (Å²) >= 11 is 3.12. The summed E-state index contributed by atoms with van der Waals surface area (Å²) < 4.78 is 0. The molecule has 0 fully saturated rings. The van der Waals surface area contributed by atoms with Crippen molar-refractivity contribution in [1.29, 1.82) is 0 Å². The third kappa shape index (κ3) is 2.88. The first-order valence-electron chi connectivity index (χ1n) is 4.08. The van der Waals surface area contributed by atoms with Crippen molar-refractivity contribution < 1.29 is 9.90 Å². The fourth-order valence-electron chi connectivity index (χ4n) is 0.930. The van der Waals surface area contributed by atoms with Crippen LogP contribution in [0.15, 0.2) is 0 Å².